The van der Waals surface area contributed by atoms with Crippen LogP contribution >= 0.6 is 0 Å². The number of carbonyl (C=O) groups is 1. The number of halogens is 1. The van der Waals surface area contributed by atoms with Crippen molar-refractivity contribution in [3.05, 3.63) is 106 Å². The number of carbonyl (C=O) groups excluding carboxylic acids is 1. The summed E-state index contributed by atoms with van der Waals surface area (Å²) in [6.45, 7) is 1.15. The minimum atomic E-state index is -0.692. The van der Waals surface area contributed by atoms with Crippen molar-refractivity contribution in [3.63, 3.8) is 0 Å². The van der Waals surface area contributed by atoms with Gasteiger partial charge in [0.05, 0.1) is 24.0 Å². The zero-order valence-electron chi connectivity index (χ0n) is 21.0. The van der Waals surface area contributed by atoms with E-state index in [4.69, 9.17) is 4.74 Å². The number of methoxy groups -OCH3 is 1. The van der Waals surface area contributed by atoms with E-state index in [0.717, 1.165) is 21.9 Å². The average Bonchev–Trinajstić information content (AvgIpc) is 3.27. The molecule has 1 fully saturated rings. The molecule has 0 spiro atoms. The van der Waals surface area contributed by atoms with Gasteiger partial charge in [0.25, 0.3) is 11.5 Å². The fraction of sp³-hybridized carbons (Fsp3) is 0.207. The monoisotopic (exact) mass is 511 g/mol. The standard InChI is InChI=1S/C29H26FN5O3/c1-34-16-29(17-34,21-9-11-22(30)12-10-21)32-27(36)25-23(15-38-2)26-28(37)31-24(14-35(26)33-25)20-8-7-18-5-3-4-6-19(18)13-20/h3-14H,15-17H2,1-2H3,(H,31,37)(H,32,36). The van der Waals surface area contributed by atoms with Gasteiger partial charge in [-0.3, -0.25) is 9.59 Å². The molecule has 0 aliphatic carbocycles. The van der Waals surface area contributed by atoms with Crippen molar-refractivity contribution in [1.82, 2.24) is 24.8 Å². The zero-order chi connectivity index (χ0) is 26.4. The van der Waals surface area contributed by atoms with Crippen molar-refractivity contribution in [2.75, 3.05) is 27.2 Å². The smallest absolute Gasteiger partial charge is 0.274 e. The van der Waals surface area contributed by atoms with Gasteiger partial charge < -0.3 is 19.9 Å². The molecule has 3 aromatic carbocycles. The van der Waals surface area contributed by atoms with Gasteiger partial charge in [0.1, 0.15) is 11.3 Å². The Kier molecular flexibility index (Phi) is 5.81. The van der Waals surface area contributed by atoms with Crippen molar-refractivity contribution in [2.45, 2.75) is 12.1 Å². The zero-order valence-corrected chi connectivity index (χ0v) is 21.0. The molecule has 0 radical (unpaired) electrons. The Bertz CT molecular complexity index is 1740. The van der Waals surface area contributed by atoms with Gasteiger partial charge in [0.15, 0.2) is 5.69 Å². The second kappa shape index (κ2) is 9.20. The highest BCUT2D eigenvalue weighted by atomic mass is 19.1. The Balaban J connectivity index is 1.41. The first-order chi connectivity index (χ1) is 18.4. The van der Waals surface area contributed by atoms with E-state index >= 15 is 0 Å². The number of likely N-dealkylation sites (tertiary alicyclic amines) is 1. The molecule has 5 aromatic rings. The first-order valence-electron chi connectivity index (χ1n) is 12.3. The van der Waals surface area contributed by atoms with Gasteiger partial charge >= 0.3 is 0 Å². The number of hydrogen-bond acceptors (Lipinski definition) is 5. The minimum Gasteiger partial charge on any atom is -0.380 e. The van der Waals surface area contributed by atoms with Crippen LogP contribution in [0.25, 0.3) is 27.5 Å². The molecule has 1 amide bonds. The summed E-state index contributed by atoms with van der Waals surface area (Å²) in [5, 5.41) is 9.79. The van der Waals surface area contributed by atoms with Gasteiger partial charge in [-0.15, -0.1) is 0 Å². The van der Waals surface area contributed by atoms with Crippen LogP contribution in [0, 0.1) is 5.82 Å². The molecule has 8 nitrogen and oxygen atoms in total. The van der Waals surface area contributed by atoms with E-state index in [0.29, 0.717) is 24.3 Å². The lowest BCUT2D eigenvalue weighted by atomic mass is 9.82. The number of H-pyrrole nitrogens is 1. The summed E-state index contributed by atoms with van der Waals surface area (Å²) < 4.78 is 20.4. The fourth-order valence-electron chi connectivity index (χ4n) is 5.36. The van der Waals surface area contributed by atoms with E-state index in [2.05, 4.69) is 20.3 Å². The molecule has 1 aliphatic rings. The molecule has 2 N–H and O–H groups in total. The summed E-state index contributed by atoms with van der Waals surface area (Å²) in [5.41, 5.74) is 1.91. The molecule has 1 aliphatic heterocycles. The van der Waals surface area contributed by atoms with Crippen molar-refractivity contribution in [2.24, 2.45) is 0 Å². The Hall–Kier alpha value is -4.34. The van der Waals surface area contributed by atoms with Gasteiger partial charge in [0.2, 0.25) is 0 Å². The maximum Gasteiger partial charge on any atom is 0.274 e. The van der Waals surface area contributed by atoms with Gasteiger partial charge in [0, 0.05) is 31.3 Å². The molecule has 192 valence electrons. The van der Waals surface area contributed by atoms with Crippen molar-refractivity contribution >= 4 is 22.2 Å². The summed E-state index contributed by atoms with van der Waals surface area (Å²) in [6, 6.07) is 20.0. The summed E-state index contributed by atoms with van der Waals surface area (Å²) in [6.07, 6.45) is 1.71. The number of amides is 1. The third kappa shape index (κ3) is 4.06. The Morgan fingerprint density at radius 2 is 1.84 bits per heavy atom. The molecule has 1 saturated heterocycles. The number of fused-ring (bicyclic) bond motifs is 2. The Morgan fingerprint density at radius 1 is 1.11 bits per heavy atom. The van der Waals surface area contributed by atoms with E-state index in [1.807, 2.05) is 49.5 Å². The maximum atomic E-state index is 13.6. The van der Waals surface area contributed by atoms with Crippen LogP contribution in [-0.2, 0) is 16.9 Å². The van der Waals surface area contributed by atoms with Crippen LogP contribution in [-0.4, -0.2) is 52.7 Å². The summed E-state index contributed by atoms with van der Waals surface area (Å²) in [4.78, 5) is 31.9. The van der Waals surface area contributed by atoms with E-state index < -0.39 is 11.4 Å². The van der Waals surface area contributed by atoms with Crippen LogP contribution in [0.4, 0.5) is 4.39 Å². The molecule has 9 heteroatoms. The van der Waals surface area contributed by atoms with Crippen LogP contribution in [0.3, 0.4) is 0 Å². The van der Waals surface area contributed by atoms with E-state index in [1.165, 1.54) is 23.8 Å². The van der Waals surface area contributed by atoms with Gasteiger partial charge in [-0.25, -0.2) is 8.91 Å². The number of ether oxygens (including phenoxy) is 1. The molecule has 0 bridgehead atoms. The van der Waals surface area contributed by atoms with Gasteiger partial charge in [-0.05, 0) is 41.6 Å². The predicted molar refractivity (Wildman–Crippen MR) is 143 cm³/mol. The number of hydrogen-bond donors (Lipinski definition) is 2. The first kappa shape index (κ1) is 24.0. The lowest BCUT2D eigenvalue weighted by molar-refractivity contribution is 0.0505. The number of nitrogens with zero attached hydrogens (tertiary/aromatic N) is 3. The van der Waals surface area contributed by atoms with Crippen LogP contribution in [0.5, 0.6) is 0 Å². The lowest BCUT2D eigenvalue weighted by Gasteiger charge is -2.49. The number of nitrogens with one attached hydrogen (secondary N) is 2. The quantitative estimate of drug-likeness (QED) is 0.363. The van der Waals surface area contributed by atoms with E-state index in [-0.39, 0.29) is 29.2 Å². The highest BCUT2D eigenvalue weighted by Crippen LogP contribution is 2.32. The van der Waals surface area contributed by atoms with E-state index in [9.17, 15) is 14.0 Å². The predicted octanol–water partition coefficient (Wildman–Crippen LogP) is 3.70. The molecule has 0 atom stereocenters. The topological polar surface area (TPSA) is 91.7 Å². The van der Waals surface area contributed by atoms with Crippen LogP contribution < -0.4 is 10.9 Å². The van der Waals surface area contributed by atoms with Crippen molar-refractivity contribution in [1.29, 1.82) is 0 Å². The Labute approximate surface area is 217 Å². The molecule has 38 heavy (non-hydrogen) atoms. The van der Waals surface area contributed by atoms with E-state index in [1.54, 1.807) is 18.3 Å². The van der Waals surface area contributed by atoms with Crippen LogP contribution in [0.2, 0.25) is 0 Å². The third-order valence-electron chi connectivity index (χ3n) is 7.12. The number of benzene rings is 3. The maximum absolute atomic E-state index is 13.6. The molecule has 0 saturated carbocycles. The van der Waals surface area contributed by atoms with Crippen molar-refractivity contribution < 1.29 is 13.9 Å². The largest absolute Gasteiger partial charge is 0.380 e. The third-order valence-corrected chi connectivity index (χ3v) is 7.12. The minimum absolute atomic E-state index is 0.0358. The summed E-state index contributed by atoms with van der Waals surface area (Å²) in [7, 11) is 3.45. The fourth-order valence-corrected chi connectivity index (χ4v) is 5.36. The average molecular weight is 512 g/mol. The molecule has 0 unspecified atom stereocenters. The van der Waals surface area contributed by atoms with Gasteiger partial charge in [-0.1, -0.05) is 48.5 Å². The molecule has 6 rings (SSSR count). The van der Waals surface area contributed by atoms with Crippen LogP contribution in [0.15, 0.2) is 77.7 Å². The first-order valence-corrected chi connectivity index (χ1v) is 12.3. The number of rotatable bonds is 6. The molecular formula is C29H26FN5O3. The summed E-state index contributed by atoms with van der Waals surface area (Å²) in [5.74, 6) is -0.767. The lowest BCUT2D eigenvalue weighted by Crippen LogP contribution is -2.66. The summed E-state index contributed by atoms with van der Waals surface area (Å²) >= 11 is 0. The molecular weight excluding hydrogens is 485 g/mol. The highest BCUT2D eigenvalue weighted by molar-refractivity contribution is 5.96. The highest BCUT2D eigenvalue weighted by Gasteiger charge is 2.44. The molecule has 2 aromatic heterocycles. The second-order valence-electron chi connectivity index (χ2n) is 9.83. The number of likely N-dealkylation sites (N-methyl/N-ethyl adjacent to an activating group) is 1. The Morgan fingerprint density at radius 3 is 2.55 bits per heavy atom. The van der Waals surface area contributed by atoms with Crippen molar-refractivity contribution in [3.8, 4) is 11.3 Å². The number of aromatic amines is 1. The second-order valence-corrected chi connectivity index (χ2v) is 9.83. The van der Waals surface area contributed by atoms with Crippen LogP contribution in [0.1, 0.15) is 21.6 Å². The number of aromatic nitrogens is 3. The normalized spacial score (nSPS) is 15.0. The van der Waals surface area contributed by atoms with Gasteiger partial charge in [-0.2, -0.15) is 5.10 Å². The molecule has 3 heterocycles. The SMILES string of the molecule is COCc1c(C(=O)NC2(c3ccc(F)cc3)CN(C)C2)nn2cc(-c3ccc4ccccc4c3)[nH]c(=O)c12.